The van der Waals surface area contributed by atoms with Crippen molar-refractivity contribution in [3.8, 4) is 0 Å². The van der Waals surface area contributed by atoms with E-state index in [-0.39, 0.29) is 0 Å². The topological polar surface area (TPSA) is 38.1 Å². The zero-order chi connectivity index (χ0) is 9.14. The first kappa shape index (κ1) is 9.26. The summed E-state index contributed by atoms with van der Waals surface area (Å²) in [6, 6.07) is 0.470. The third-order valence-electron chi connectivity index (χ3n) is 1.73. The molecule has 0 aliphatic rings. The van der Waals surface area contributed by atoms with E-state index in [4.69, 9.17) is 4.42 Å². The van der Waals surface area contributed by atoms with Gasteiger partial charge in [-0.25, -0.2) is 4.98 Å². The monoisotopic (exact) mass is 168 g/mol. The highest BCUT2D eigenvalue weighted by molar-refractivity contribution is 5.05. The van der Waals surface area contributed by atoms with Crippen molar-refractivity contribution in [2.75, 3.05) is 0 Å². The van der Waals surface area contributed by atoms with Crippen molar-refractivity contribution in [3.05, 3.63) is 17.3 Å². The third kappa shape index (κ3) is 2.34. The summed E-state index contributed by atoms with van der Waals surface area (Å²) < 4.78 is 5.39. The number of hydrogen-bond donors (Lipinski definition) is 1. The number of oxazole rings is 1. The molecule has 0 unspecified atom stereocenters. The fraction of sp³-hybridized carbons (Fsp3) is 0.667. The summed E-state index contributed by atoms with van der Waals surface area (Å²) in [5.74, 6) is 1.69. The Kier molecular flexibility index (Phi) is 2.87. The molecule has 1 heterocycles. The van der Waals surface area contributed by atoms with E-state index >= 15 is 0 Å². The molecule has 0 aromatic carbocycles. The molecule has 0 saturated carbocycles. The van der Waals surface area contributed by atoms with Crippen LogP contribution < -0.4 is 5.32 Å². The van der Waals surface area contributed by atoms with E-state index < -0.39 is 0 Å². The number of aromatic nitrogens is 1. The lowest BCUT2D eigenvalue weighted by Crippen LogP contribution is -2.21. The molecular formula is C9H16N2O. The zero-order valence-electron chi connectivity index (χ0n) is 8.14. The maximum absolute atomic E-state index is 5.39. The first-order valence-corrected chi connectivity index (χ1v) is 4.26. The Morgan fingerprint density at radius 3 is 2.50 bits per heavy atom. The van der Waals surface area contributed by atoms with Gasteiger partial charge in [0.1, 0.15) is 5.76 Å². The average molecular weight is 168 g/mol. The van der Waals surface area contributed by atoms with Gasteiger partial charge in [0.15, 0.2) is 0 Å². The van der Waals surface area contributed by atoms with Gasteiger partial charge in [-0.1, -0.05) is 13.8 Å². The number of aryl methyl sites for hydroxylation is 2. The summed E-state index contributed by atoms with van der Waals surface area (Å²) in [6.45, 7) is 8.80. The third-order valence-corrected chi connectivity index (χ3v) is 1.73. The van der Waals surface area contributed by atoms with Crippen LogP contribution in [0.2, 0.25) is 0 Å². The lowest BCUT2D eigenvalue weighted by atomic mass is 10.4. The second-order valence-corrected chi connectivity index (χ2v) is 3.28. The molecule has 3 heteroatoms. The lowest BCUT2D eigenvalue weighted by molar-refractivity contribution is 0.435. The van der Waals surface area contributed by atoms with Crippen molar-refractivity contribution in [1.82, 2.24) is 10.3 Å². The Hall–Kier alpha value is -0.830. The molecule has 0 amide bonds. The smallest absolute Gasteiger partial charge is 0.208 e. The second kappa shape index (κ2) is 3.72. The van der Waals surface area contributed by atoms with Gasteiger partial charge in [0.25, 0.3) is 0 Å². The van der Waals surface area contributed by atoms with E-state index in [1.807, 2.05) is 13.8 Å². The lowest BCUT2D eigenvalue weighted by Gasteiger charge is -2.03. The zero-order valence-corrected chi connectivity index (χ0v) is 8.14. The fourth-order valence-electron chi connectivity index (χ4n) is 0.906. The van der Waals surface area contributed by atoms with Gasteiger partial charge in [0, 0.05) is 6.04 Å². The molecule has 0 fully saturated rings. The Bertz CT molecular complexity index is 234. The molecule has 0 radical (unpaired) electrons. The van der Waals surface area contributed by atoms with Crippen LogP contribution in [0.1, 0.15) is 31.2 Å². The molecule has 0 bridgehead atoms. The highest BCUT2D eigenvalue weighted by Crippen LogP contribution is 2.07. The van der Waals surface area contributed by atoms with Crippen LogP contribution in [0.15, 0.2) is 4.42 Å². The summed E-state index contributed by atoms with van der Waals surface area (Å²) in [4.78, 5) is 4.25. The Balaban J connectivity index is 2.53. The number of hydrogen-bond acceptors (Lipinski definition) is 3. The molecule has 0 atom stereocenters. The molecule has 1 aromatic rings. The molecule has 68 valence electrons. The van der Waals surface area contributed by atoms with E-state index in [9.17, 15) is 0 Å². The van der Waals surface area contributed by atoms with Gasteiger partial charge in [-0.2, -0.15) is 0 Å². The van der Waals surface area contributed by atoms with E-state index in [0.717, 1.165) is 17.3 Å². The maximum atomic E-state index is 5.39. The van der Waals surface area contributed by atoms with Crippen LogP contribution >= 0.6 is 0 Å². The first-order valence-electron chi connectivity index (χ1n) is 4.26. The molecule has 3 nitrogen and oxygen atoms in total. The van der Waals surface area contributed by atoms with Gasteiger partial charge < -0.3 is 9.73 Å². The van der Waals surface area contributed by atoms with Crippen molar-refractivity contribution in [3.63, 3.8) is 0 Å². The predicted molar refractivity (Wildman–Crippen MR) is 48.0 cm³/mol. The Labute approximate surface area is 73.2 Å². The summed E-state index contributed by atoms with van der Waals surface area (Å²) in [5, 5.41) is 3.25. The van der Waals surface area contributed by atoms with Crippen molar-refractivity contribution < 1.29 is 4.42 Å². The van der Waals surface area contributed by atoms with E-state index in [2.05, 4.69) is 24.1 Å². The van der Waals surface area contributed by atoms with Crippen LogP contribution in [0.5, 0.6) is 0 Å². The Morgan fingerprint density at radius 1 is 1.42 bits per heavy atom. The van der Waals surface area contributed by atoms with Crippen LogP contribution in [0, 0.1) is 13.8 Å². The van der Waals surface area contributed by atoms with Gasteiger partial charge in [-0.3, -0.25) is 0 Å². The van der Waals surface area contributed by atoms with Crippen molar-refractivity contribution in [2.45, 2.75) is 40.3 Å². The molecule has 0 spiro atoms. The summed E-state index contributed by atoms with van der Waals surface area (Å²) in [6.07, 6.45) is 0. The minimum Gasteiger partial charge on any atom is -0.444 e. The molecule has 1 aromatic heterocycles. The molecule has 1 rings (SSSR count). The fourth-order valence-corrected chi connectivity index (χ4v) is 0.906. The quantitative estimate of drug-likeness (QED) is 0.747. The summed E-state index contributed by atoms with van der Waals surface area (Å²) in [7, 11) is 0. The molecule has 12 heavy (non-hydrogen) atoms. The van der Waals surface area contributed by atoms with Gasteiger partial charge in [0.05, 0.1) is 12.2 Å². The SMILES string of the molecule is Cc1nc(CNC(C)C)oc1C. The van der Waals surface area contributed by atoms with E-state index in [1.54, 1.807) is 0 Å². The molecule has 0 aliphatic heterocycles. The highest BCUT2D eigenvalue weighted by Gasteiger charge is 2.04. The van der Waals surface area contributed by atoms with Crippen molar-refractivity contribution in [2.24, 2.45) is 0 Å². The number of rotatable bonds is 3. The van der Waals surface area contributed by atoms with Gasteiger partial charge >= 0.3 is 0 Å². The highest BCUT2D eigenvalue weighted by atomic mass is 16.4. The summed E-state index contributed by atoms with van der Waals surface area (Å²) in [5.41, 5.74) is 0.982. The van der Waals surface area contributed by atoms with Crippen molar-refractivity contribution >= 4 is 0 Å². The maximum Gasteiger partial charge on any atom is 0.208 e. The van der Waals surface area contributed by atoms with Crippen LogP contribution in [-0.4, -0.2) is 11.0 Å². The van der Waals surface area contributed by atoms with Crippen molar-refractivity contribution in [1.29, 1.82) is 0 Å². The molecule has 0 aliphatic carbocycles. The molecular weight excluding hydrogens is 152 g/mol. The summed E-state index contributed by atoms with van der Waals surface area (Å²) >= 11 is 0. The van der Waals surface area contributed by atoms with Gasteiger partial charge in [-0.05, 0) is 13.8 Å². The van der Waals surface area contributed by atoms with Crippen LogP contribution in [-0.2, 0) is 6.54 Å². The van der Waals surface area contributed by atoms with E-state index in [1.165, 1.54) is 0 Å². The predicted octanol–water partition coefficient (Wildman–Crippen LogP) is 1.79. The largest absolute Gasteiger partial charge is 0.444 e. The van der Waals surface area contributed by atoms with Gasteiger partial charge in [-0.15, -0.1) is 0 Å². The molecule has 0 saturated heterocycles. The van der Waals surface area contributed by atoms with Crippen LogP contribution in [0.3, 0.4) is 0 Å². The molecule has 1 N–H and O–H groups in total. The van der Waals surface area contributed by atoms with Crippen LogP contribution in [0.25, 0.3) is 0 Å². The standard InChI is InChI=1S/C9H16N2O/c1-6(2)10-5-9-11-7(3)8(4)12-9/h6,10H,5H2,1-4H3. The minimum atomic E-state index is 0.470. The second-order valence-electron chi connectivity index (χ2n) is 3.28. The van der Waals surface area contributed by atoms with E-state index in [0.29, 0.717) is 12.6 Å². The minimum absolute atomic E-state index is 0.470. The van der Waals surface area contributed by atoms with Crippen LogP contribution in [0.4, 0.5) is 0 Å². The Morgan fingerprint density at radius 2 is 2.08 bits per heavy atom. The van der Waals surface area contributed by atoms with Gasteiger partial charge in [0.2, 0.25) is 5.89 Å². The normalized spacial score (nSPS) is 11.1. The number of nitrogens with one attached hydrogen (secondary N) is 1. The average Bonchev–Trinajstić information content (AvgIpc) is 2.28. The first-order chi connectivity index (χ1) is 5.59. The number of nitrogens with zero attached hydrogens (tertiary/aromatic N) is 1.